The fourth-order valence-electron chi connectivity index (χ4n) is 3.50. The quantitative estimate of drug-likeness (QED) is 0.405. The Labute approximate surface area is 191 Å². The highest BCUT2D eigenvalue weighted by molar-refractivity contribution is 7.91. The number of carbonyl (C=O) groups is 1. The van der Waals surface area contributed by atoms with Crippen LogP contribution in [0, 0.1) is 13.8 Å². The molecule has 166 valence electrons. The Hall–Kier alpha value is -3.04. The molecule has 0 fully saturated rings. The lowest BCUT2D eigenvalue weighted by molar-refractivity contribution is 0.0985. The number of aromatic nitrogens is 3. The molecule has 0 aliphatic rings. The van der Waals surface area contributed by atoms with Crippen molar-refractivity contribution in [1.29, 1.82) is 0 Å². The third kappa shape index (κ3) is 4.44. The Balaban J connectivity index is 1.72. The van der Waals surface area contributed by atoms with Crippen LogP contribution < -0.4 is 4.90 Å². The van der Waals surface area contributed by atoms with Crippen LogP contribution in [0.5, 0.6) is 0 Å². The molecule has 0 saturated heterocycles. The standard InChI is InChI=1S/C23H24N4O3S2/c1-4-32(29,30)19-9-7-8-18(15-19)22(28)26(12-13-27-17(3)14-16(2)25-27)23-24-20-10-5-6-11-21(20)31-23/h5-11,14-15H,4,12-13H2,1-3H3. The lowest BCUT2D eigenvalue weighted by Gasteiger charge is -2.20. The van der Waals surface area contributed by atoms with Gasteiger partial charge in [-0.2, -0.15) is 5.10 Å². The van der Waals surface area contributed by atoms with E-state index < -0.39 is 9.84 Å². The van der Waals surface area contributed by atoms with Gasteiger partial charge in [0.2, 0.25) is 0 Å². The fourth-order valence-corrected chi connectivity index (χ4v) is 5.42. The number of carbonyl (C=O) groups excluding carboxylic acids is 1. The van der Waals surface area contributed by atoms with E-state index in [-0.39, 0.29) is 16.6 Å². The maximum absolute atomic E-state index is 13.6. The molecule has 0 bridgehead atoms. The molecule has 4 rings (SSSR count). The van der Waals surface area contributed by atoms with Crippen molar-refractivity contribution in [3.63, 3.8) is 0 Å². The molecular formula is C23H24N4O3S2. The Bertz CT molecular complexity index is 1360. The van der Waals surface area contributed by atoms with E-state index in [1.165, 1.54) is 23.5 Å². The number of nitrogens with zero attached hydrogens (tertiary/aromatic N) is 4. The molecule has 32 heavy (non-hydrogen) atoms. The number of thiazole rings is 1. The zero-order chi connectivity index (χ0) is 22.9. The van der Waals surface area contributed by atoms with E-state index in [0.29, 0.717) is 23.8 Å². The number of para-hydroxylation sites is 1. The minimum absolute atomic E-state index is 0.0237. The third-order valence-corrected chi connectivity index (χ3v) is 8.01. The highest BCUT2D eigenvalue weighted by atomic mass is 32.2. The Morgan fingerprint density at radius 1 is 1.09 bits per heavy atom. The number of hydrogen-bond donors (Lipinski definition) is 0. The first-order valence-electron chi connectivity index (χ1n) is 10.3. The molecule has 0 atom stereocenters. The number of sulfone groups is 1. The highest BCUT2D eigenvalue weighted by Crippen LogP contribution is 2.30. The summed E-state index contributed by atoms with van der Waals surface area (Å²) in [7, 11) is -3.42. The van der Waals surface area contributed by atoms with Crippen LogP contribution >= 0.6 is 11.3 Å². The summed E-state index contributed by atoms with van der Waals surface area (Å²) >= 11 is 1.43. The number of benzene rings is 2. The van der Waals surface area contributed by atoms with E-state index in [1.54, 1.807) is 24.0 Å². The van der Waals surface area contributed by atoms with Gasteiger partial charge in [-0.15, -0.1) is 0 Å². The largest absolute Gasteiger partial charge is 0.282 e. The maximum atomic E-state index is 13.6. The normalized spacial score (nSPS) is 11.7. The van der Waals surface area contributed by atoms with Gasteiger partial charge in [-0.1, -0.05) is 36.5 Å². The predicted molar refractivity (Wildman–Crippen MR) is 127 cm³/mol. The van der Waals surface area contributed by atoms with Crippen LogP contribution in [0.4, 0.5) is 5.13 Å². The molecule has 0 aliphatic carbocycles. The smallest absolute Gasteiger partial charge is 0.260 e. The first-order valence-corrected chi connectivity index (χ1v) is 12.8. The summed E-state index contributed by atoms with van der Waals surface area (Å²) < 4.78 is 27.5. The van der Waals surface area contributed by atoms with E-state index in [2.05, 4.69) is 10.1 Å². The lowest BCUT2D eigenvalue weighted by Crippen LogP contribution is -2.34. The van der Waals surface area contributed by atoms with E-state index in [4.69, 9.17) is 0 Å². The second kappa shape index (κ2) is 8.84. The summed E-state index contributed by atoms with van der Waals surface area (Å²) in [5.41, 5.74) is 3.05. The first-order chi connectivity index (χ1) is 15.3. The molecule has 0 N–H and O–H groups in total. The zero-order valence-electron chi connectivity index (χ0n) is 18.1. The second-order valence-corrected chi connectivity index (χ2v) is 10.8. The van der Waals surface area contributed by atoms with Crippen molar-refractivity contribution < 1.29 is 13.2 Å². The number of hydrogen-bond acceptors (Lipinski definition) is 6. The highest BCUT2D eigenvalue weighted by Gasteiger charge is 2.23. The molecule has 9 heteroatoms. The van der Waals surface area contributed by atoms with Crippen molar-refractivity contribution in [2.45, 2.75) is 32.2 Å². The van der Waals surface area contributed by atoms with Crippen molar-refractivity contribution >= 4 is 42.4 Å². The summed E-state index contributed by atoms with van der Waals surface area (Å²) in [6.45, 7) is 6.34. The molecule has 0 spiro atoms. The van der Waals surface area contributed by atoms with Crippen LogP contribution in [0.25, 0.3) is 10.2 Å². The number of rotatable bonds is 7. The van der Waals surface area contributed by atoms with Crippen molar-refractivity contribution in [3.05, 3.63) is 71.5 Å². The molecule has 0 aliphatic heterocycles. The SMILES string of the molecule is CCS(=O)(=O)c1cccc(C(=O)N(CCn2nc(C)cc2C)c2nc3ccccc3s2)c1. The molecule has 7 nitrogen and oxygen atoms in total. The summed E-state index contributed by atoms with van der Waals surface area (Å²) in [5.74, 6) is -0.316. The van der Waals surface area contributed by atoms with Gasteiger partial charge in [0, 0.05) is 17.8 Å². The van der Waals surface area contributed by atoms with Gasteiger partial charge in [0.05, 0.1) is 33.1 Å². The minimum Gasteiger partial charge on any atom is -0.282 e. The molecule has 2 aromatic carbocycles. The minimum atomic E-state index is -3.42. The van der Waals surface area contributed by atoms with Gasteiger partial charge < -0.3 is 0 Å². The van der Waals surface area contributed by atoms with E-state index in [0.717, 1.165) is 21.6 Å². The van der Waals surface area contributed by atoms with Crippen LogP contribution in [0.1, 0.15) is 28.7 Å². The Morgan fingerprint density at radius 2 is 1.88 bits per heavy atom. The lowest BCUT2D eigenvalue weighted by atomic mass is 10.2. The van der Waals surface area contributed by atoms with Crippen molar-refractivity contribution in [2.24, 2.45) is 0 Å². The van der Waals surface area contributed by atoms with Crippen molar-refractivity contribution in [1.82, 2.24) is 14.8 Å². The van der Waals surface area contributed by atoms with Gasteiger partial charge in [0.25, 0.3) is 5.91 Å². The number of anilines is 1. The Kier molecular flexibility index (Phi) is 6.12. The average Bonchev–Trinajstić information content (AvgIpc) is 3.36. The van der Waals surface area contributed by atoms with E-state index in [1.807, 2.05) is 48.9 Å². The number of aryl methyl sites for hydroxylation is 2. The van der Waals surface area contributed by atoms with Crippen molar-refractivity contribution in [3.8, 4) is 0 Å². The zero-order valence-corrected chi connectivity index (χ0v) is 19.8. The van der Waals surface area contributed by atoms with Gasteiger partial charge in [-0.25, -0.2) is 13.4 Å². The molecular weight excluding hydrogens is 444 g/mol. The molecule has 0 saturated carbocycles. The monoisotopic (exact) mass is 468 g/mol. The van der Waals surface area contributed by atoms with Gasteiger partial charge in [0.15, 0.2) is 15.0 Å². The van der Waals surface area contributed by atoms with Crippen molar-refractivity contribution in [2.75, 3.05) is 17.2 Å². The summed E-state index contributed by atoms with van der Waals surface area (Å²) in [6.07, 6.45) is 0. The van der Waals surface area contributed by atoms with Crippen LogP contribution in [-0.4, -0.2) is 41.4 Å². The second-order valence-electron chi connectivity index (χ2n) is 7.50. The van der Waals surface area contributed by atoms with Gasteiger partial charge in [-0.3, -0.25) is 14.4 Å². The van der Waals surface area contributed by atoms with E-state index >= 15 is 0 Å². The Morgan fingerprint density at radius 3 is 2.56 bits per heavy atom. The number of fused-ring (bicyclic) bond motifs is 1. The summed E-state index contributed by atoms with van der Waals surface area (Å²) in [6, 6.07) is 15.9. The molecule has 2 heterocycles. The van der Waals surface area contributed by atoms with Crippen LogP contribution in [0.15, 0.2) is 59.5 Å². The van der Waals surface area contributed by atoms with Crippen LogP contribution in [0.3, 0.4) is 0 Å². The topological polar surface area (TPSA) is 85.2 Å². The summed E-state index contributed by atoms with van der Waals surface area (Å²) in [4.78, 5) is 20.0. The average molecular weight is 469 g/mol. The first kappa shape index (κ1) is 22.2. The van der Waals surface area contributed by atoms with Gasteiger partial charge >= 0.3 is 0 Å². The molecule has 2 aromatic heterocycles. The summed E-state index contributed by atoms with van der Waals surface area (Å²) in [5, 5.41) is 5.06. The van der Waals surface area contributed by atoms with Crippen LogP contribution in [0.2, 0.25) is 0 Å². The predicted octanol–water partition coefficient (Wildman–Crippen LogP) is 4.25. The molecule has 4 aromatic rings. The van der Waals surface area contributed by atoms with Gasteiger partial charge in [-0.05, 0) is 50.2 Å². The third-order valence-electron chi connectivity index (χ3n) is 5.22. The van der Waals surface area contributed by atoms with Gasteiger partial charge in [0.1, 0.15) is 0 Å². The van der Waals surface area contributed by atoms with Crippen LogP contribution in [-0.2, 0) is 16.4 Å². The number of amides is 1. The molecule has 1 amide bonds. The van der Waals surface area contributed by atoms with E-state index in [9.17, 15) is 13.2 Å². The fraction of sp³-hybridized carbons (Fsp3) is 0.261. The maximum Gasteiger partial charge on any atom is 0.260 e. The molecule has 0 radical (unpaired) electrons. The molecule has 0 unspecified atom stereocenters.